The van der Waals surface area contributed by atoms with Gasteiger partial charge in [-0.2, -0.15) is 0 Å². The number of sulfonamides is 1. The average molecular weight is 495 g/mol. The van der Waals surface area contributed by atoms with E-state index < -0.39 is 38.7 Å². The number of piperidine rings is 1. The van der Waals surface area contributed by atoms with Gasteiger partial charge in [0, 0.05) is 36.6 Å². The fourth-order valence-electron chi connectivity index (χ4n) is 4.85. The van der Waals surface area contributed by atoms with Crippen LogP contribution in [0.2, 0.25) is 0 Å². The first-order valence-corrected chi connectivity index (χ1v) is 12.9. The SMILES string of the molecule is O=C1CCOc2c(F)cccc2-c2cccc(c2F)CC2C(NS(=O)(=O)C3(F)CC3)CCCN12. The van der Waals surface area contributed by atoms with Crippen LogP contribution in [0, 0.1) is 11.6 Å². The van der Waals surface area contributed by atoms with Gasteiger partial charge >= 0.3 is 0 Å². The molecule has 10 heteroatoms. The van der Waals surface area contributed by atoms with Crippen LogP contribution >= 0.6 is 0 Å². The van der Waals surface area contributed by atoms with E-state index in [1.807, 2.05) is 0 Å². The second-order valence-electron chi connectivity index (χ2n) is 9.11. The standard InChI is InChI=1S/C24H25F3N2O4S/c25-18-7-2-6-17-16-5-1-4-15(22(16)26)14-20-19(28-34(31,32)24(27)10-11-24)8-3-12-29(20)21(30)9-13-33-23(17)18/h1-2,4-7,19-20,28H,3,8-14H2. The van der Waals surface area contributed by atoms with Gasteiger partial charge < -0.3 is 9.64 Å². The van der Waals surface area contributed by atoms with Gasteiger partial charge in [-0.05, 0) is 30.9 Å². The lowest BCUT2D eigenvalue weighted by Gasteiger charge is -2.42. The molecule has 2 aliphatic heterocycles. The molecule has 2 atom stereocenters. The second-order valence-corrected chi connectivity index (χ2v) is 11.1. The molecular weight excluding hydrogens is 469 g/mol. The van der Waals surface area contributed by atoms with Crippen molar-refractivity contribution in [2.45, 2.75) is 55.6 Å². The van der Waals surface area contributed by atoms with E-state index in [0.717, 1.165) is 0 Å². The quantitative estimate of drug-likeness (QED) is 0.706. The molecule has 34 heavy (non-hydrogen) atoms. The maximum absolute atomic E-state index is 15.7. The van der Waals surface area contributed by atoms with E-state index >= 15 is 4.39 Å². The molecule has 2 bridgehead atoms. The van der Waals surface area contributed by atoms with Gasteiger partial charge in [0.1, 0.15) is 5.82 Å². The summed E-state index contributed by atoms with van der Waals surface area (Å²) in [4.78, 5) is 14.6. The third-order valence-electron chi connectivity index (χ3n) is 6.86. The van der Waals surface area contributed by atoms with Gasteiger partial charge in [0.2, 0.25) is 20.9 Å². The van der Waals surface area contributed by atoms with Crippen LogP contribution in [-0.2, 0) is 21.2 Å². The minimum Gasteiger partial charge on any atom is -0.489 e. The molecule has 0 spiro atoms. The van der Waals surface area contributed by atoms with Crippen LogP contribution in [0.1, 0.15) is 37.7 Å². The highest BCUT2D eigenvalue weighted by molar-refractivity contribution is 7.91. The lowest BCUT2D eigenvalue weighted by molar-refractivity contribution is -0.136. The summed E-state index contributed by atoms with van der Waals surface area (Å²) < 4.78 is 78.0. The summed E-state index contributed by atoms with van der Waals surface area (Å²) in [5, 5.41) is -2.28. The summed E-state index contributed by atoms with van der Waals surface area (Å²) in [6, 6.07) is 7.47. The maximum Gasteiger partial charge on any atom is 0.247 e. The smallest absolute Gasteiger partial charge is 0.247 e. The fourth-order valence-corrected chi connectivity index (χ4v) is 6.38. The Morgan fingerprint density at radius 2 is 1.82 bits per heavy atom. The molecule has 1 amide bonds. The van der Waals surface area contributed by atoms with Crippen LogP contribution in [0.3, 0.4) is 0 Å². The van der Waals surface area contributed by atoms with Crippen molar-refractivity contribution < 1.29 is 31.1 Å². The van der Waals surface area contributed by atoms with Crippen molar-refractivity contribution in [3.05, 3.63) is 53.6 Å². The van der Waals surface area contributed by atoms with Crippen molar-refractivity contribution >= 4 is 15.9 Å². The minimum atomic E-state index is -4.24. The molecule has 3 aliphatic rings. The van der Waals surface area contributed by atoms with Crippen LogP contribution < -0.4 is 9.46 Å². The first-order valence-electron chi connectivity index (χ1n) is 11.4. The monoisotopic (exact) mass is 494 g/mol. The predicted molar refractivity (Wildman–Crippen MR) is 119 cm³/mol. The van der Waals surface area contributed by atoms with Crippen LogP contribution in [0.4, 0.5) is 13.2 Å². The fraction of sp³-hybridized carbons (Fsp3) is 0.458. The molecule has 2 unspecified atom stereocenters. The number of fused-ring (bicyclic) bond motifs is 5. The molecule has 5 rings (SSSR count). The number of hydrogen-bond acceptors (Lipinski definition) is 4. The van der Waals surface area contributed by atoms with Crippen molar-refractivity contribution in [1.29, 1.82) is 0 Å². The Labute approximate surface area is 196 Å². The zero-order valence-electron chi connectivity index (χ0n) is 18.4. The van der Waals surface area contributed by atoms with E-state index in [-0.39, 0.29) is 60.6 Å². The maximum atomic E-state index is 15.7. The molecule has 0 radical (unpaired) electrons. The van der Waals surface area contributed by atoms with Crippen LogP contribution in [0.25, 0.3) is 11.1 Å². The zero-order valence-corrected chi connectivity index (χ0v) is 19.2. The Hall–Kier alpha value is -2.59. The highest BCUT2D eigenvalue weighted by Gasteiger charge is 2.57. The third kappa shape index (κ3) is 4.07. The first kappa shape index (κ1) is 23.2. The molecule has 2 aromatic carbocycles. The zero-order chi connectivity index (χ0) is 24.1. The number of alkyl halides is 1. The van der Waals surface area contributed by atoms with E-state index in [2.05, 4.69) is 4.72 Å². The van der Waals surface area contributed by atoms with Crippen LogP contribution in [-0.4, -0.2) is 49.5 Å². The number of carbonyl (C=O) groups excluding carboxylic acids is 1. The summed E-state index contributed by atoms with van der Waals surface area (Å²) in [6.07, 6.45) is 0.750. The molecule has 1 saturated heterocycles. The summed E-state index contributed by atoms with van der Waals surface area (Å²) in [5.74, 6) is -1.68. The Kier molecular flexibility index (Phi) is 5.84. The first-order chi connectivity index (χ1) is 16.2. The minimum absolute atomic E-state index is 0.0311. The third-order valence-corrected chi connectivity index (χ3v) is 8.84. The van der Waals surface area contributed by atoms with E-state index in [1.165, 1.54) is 23.1 Å². The molecule has 2 heterocycles. The molecule has 1 aliphatic carbocycles. The van der Waals surface area contributed by atoms with Crippen molar-refractivity contribution in [2.24, 2.45) is 0 Å². The normalized spacial score (nSPS) is 24.2. The average Bonchev–Trinajstić information content (AvgIpc) is 3.56. The number of nitrogens with one attached hydrogen (secondary N) is 1. The van der Waals surface area contributed by atoms with Crippen LogP contribution in [0.15, 0.2) is 36.4 Å². The number of halogens is 3. The number of benzene rings is 2. The van der Waals surface area contributed by atoms with Crippen molar-refractivity contribution in [3.8, 4) is 16.9 Å². The molecule has 1 N–H and O–H groups in total. The predicted octanol–water partition coefficient (Wildman–Crippen LogP) is 3.70. The van der Waals surface area contributed by atoms with Crippen molar-refractivity contribution in [3.63, 3.8) is 0 Å². The summed E-state index contributed by atoms with van der Waals surface area (Å²) >= 11 is 0. The summed E-state index contributed by atoms with van der Waals surface area (Å²) in [6.45, 7) is 0.232. The van der Waals surface area contributed by atoms with E-state index in [0.29, 0.717) is 19.4 Å². The lowest BCUT2D eigenvalue weighted by atomic mass is 9.89. The van der Waals surface area contributed by atoms with Gasteiger partial charge in [0.25, 0.3) is 0 Å². The molecular formula is C24H25F3N2O4S. The Bertz CT molecular complexity index is 1230. The second kappa shape index (κ2) is 8.57. The lowest BCUT2D eigenvalue weighted by Crippen LogP contribution is -2.59. The van der Waals surface area contributed by atoms with E-state index in [9.17, 15) is 22.0 Å². The van der Waals surface area contributed by atoms with E-state index in [1.54, 1.807) is 18.2 Å². The van der Waals surface area contributed by atoms with Crippen molar-refractivity contribution in [2.75, 3.05) is 13.2 Å². The van der Waals surface area contributed by atoms with E-state index in [4.69, 9.17) is 4.74 Å². The number of hydrogen-bond donors (Lipinski definition) is 1. The van der Waals surface area contributed by atoms with Crippen LogP contribution in [0.5, 0.6) is 5.75 Å². The van der Waals surface area contributed by atoms with Gasteiger partial charge in [0.15, 0.2) is 11.6 Å². The van der Waals surface area contributed by atoms with Gasteiger partial charge in [0.05, 0.1) is 19.1 Å². The van der Waals surface area contributed by atoms with Crippen molar-refractivity contribution in [1.82, 2.24) is 9.62 Å². The van der Waals surface area contributed by atoms with Gasteiger partial charge in [-0.15, -0.1) is 0 Å². The summed E-state index contributed by atoms with van der Waals surface area (Å²) in [5.41, 5.74) is 0.640. The molecule has 2 aromatic rings. The molecule has 0 aromatic heterocycles. The number of carbonyl (C=O) groups is 1. The van der Waals surface area contributed by atoms with Gasteiger partial charge in [-0.3, -0.25) is 4.79 Å². The molecule has 6 nitrogen and oxygen atoms in total. The topological polar surface area (TPSA) is 75.7 Å². The molecule has 1 saturated carbocycles. The highest BCUT2D eigenvalue weighted by Crippen LogP contribution is 2.45. The van der Waals surface area contributed by atoms with Gasteiger partial charge in [-0.25, -0.2) is 26.3 Å². The number of para-hydroxylation sites is 1. The number of nitrogens with zero attached hydrogens (tertiary/aromatic N) is 1. The number of amides is 1. The Morgan fingerprint density at radius 3 is 2.59 bits per heavy atom. The Morgan fingerprint density at radius 1 is 1.09 bits per heavy atom. The van der Waals surface area contributed by atoms with Gasteiger partial charge in [-0.1, -0.05) is 30.3 Å². The largest absolute Gasteiger partial charge is 0.489 e. The number of ether oxygens (including phenoxy) is 1. The molecule has 2 fully saturated rings. The Balaban J connectivity index is 1.57. The number of rotatable bonds is 3. The highest BCUT2D eigenvalue weighted by atomic mass is 32.2. The molecule has 182 valence electrons. The summed E-state index contributed by atoms with van der Waals surface area (Å²) in [7, 11) is -4.24.